The Hall–Kier alpha value is -3.18. The summed E-state index contributed by atoms with van der Waals surface area (Å²) in [5.41, 5.74) is 2.87. The first kappa shape index (κ1) is 15.4. The van der Waals surface area contributed by atoms with Gasteiger partial charge in [-0.05, 0) is 30.3 Å². The maximum absolute atomic E-state index is 11.6. The van der Waals surface area contributed by atoms with Crippen LogP contribution in [0, 0.1) is 0 Å². The van der Waals surface area contributed by atoms with Crippen LogP contribution in [0.4, 0.5) is 0 Å². The molecule has 0 bridgehead atoms. The van der Waals surface area contributed by atoms with E-state index in [1.54, 1.807) is 48.9 Å². The number of pyridine rings is 1. The largest absolute Gasteiger partial charge is 0.478 e. The summed E-state index contributed by atoms with van der Waals surface area (Å²) in [5, 5.41) is 10.9. The third kappa shape index (κ3) is 2.75. The Labute approximate surface area is 148 Å². The van der Waals surface area contributed by atoms with Crippen LogP contribution in [-0.4, -0.2) is 25.6 Å². The summed E-state index contributed by atoms with van der Waals surface area (Å²) in [5.74, 6) is -0.993. The number of aromatic nitrogens is 3. The van der Waals surface area contributed by atoms with Gasteiger partial charge in [0.25, 0.3) is 0 Å². The zero-order valence-electron chi connectivity index (χ0n) is 12.9. The van der Waals surface area contributed by atoms with Crippen molar-refractivity contribution in [2.75, 3.05) is 0 Å². The molecule has 2 aromatic carbocycles. The van der Waals surface area contributed by atoms with Gasteiger partial charge in [-0.25, -0.2) is 14.8 Å². The average molecular weight is 350 g/mol. The van der Waals surface area contributed by atoms with Crippen molar-refractivity contribution in [3.05, 3.63) is 77.8 Å². The van der Waals surface area contributed by atoms with E-state index in [2.05, 4.69) is 9.97 Å². The normalized spacial score (nSPS) is 10.9. The minimum atomic E-state index is -0.993. The lowest BCUT2D eigenvalue weighted by molar-refractivity contribution is 0.0697. The van der Waals surface area contributed by atoms with Gasteiger partial charge in [0.2, 0.25) is 0 Å². The van der Waals surface area contributed by atoms with Gasteiger partial charge in [0, 0.05) is 28.4 Å². The van der Waals surface area contributed by atoms with Crippen LogP contribution in [0.25, 0.3) is 27.8 Å². The Morgan fingerprint density at radius 3 is 2.72 bits per heavy atom. The predicted molar refractivity (Wildman–Crippen MR) is 96.3 cm³/mol. The zero-order valence-corrected chi connectivity index (χ0v) is 13.7. The van der Waals surface area contributed by atoms with Crippen molar-refractivity contribution in [2.45, 2.75) is 0 Å². The van der Waals surface area contributed by atoms with E-state index in [-0.39, 0.29) is 5.56 Å². The first-order chi connectivity index (χ1) is 12.1. The number of carboxylic acid groups (broad SMARTS) is 1. The Balaban J connectivity index is 2.05. The van der Waals surface area contributed by atoms with Gasteiger partial charge in [-0.15, -0.1) is 0 Å². The number of halogens is 1. The van der Waals surface area contributed by atoms with Gasteiger partial charge < -0.3 is 9.67 Å². The molecule has 0 spiro atoms. The maximum atomic E-state index is 11.6. The van der Waals surface area contributed by atoms with E-state index in [1.165, 1.54) is 0 Å². The van der Waals surface area contributed by atoms with Gasteiger partial charge in [0.15, 0.2) is 0 Å². The summed E-state index contributed by atoms with van der Waals surface area (Å²) < 4.78 is 1.87. The molecule has 0 saturated carbocycles. The summed E-state index contributed by atoms with van der Waals surface area (Å²) in [6.07, 6.45) is 5.21. The fourth-order valence-electron chi connectivity index (χ4n) is 2.83. The third-order valence-electron chi connectivity index (χ3n) is 3.97. The van der Waals surface area contributed by atoms with Gasteiger partial charge in [-0.2, -0.15) is 0 Å². The van der Waals surface area contributed by atoms with E-state index in [0.29, 0.717) is 21.8 Å². The monoisotopic (exact) mass is 349 g/mol. The van der Waals surface area contributed by atoms with Crippen molar-refractivity contribution in [3.63, 3.8) is 0 Å². The molecule has 0 aliphatic carbocycles. The summed E-state index contributed by atoms with van der Waals surface area (Å²) in [7, 11) is 0. The van der Waals surface area contributed by atoms with Crippen LogP contribution in [0.3, 0.4) is 0 Å². The highest BCUT2D eigenvalue weighted by molar-refractivity contribution is 6.31. The number of carboxylic acids is 1. The number of fused-ring (bicyclic) bond motifs is 1. The first-order valence-electron chi connectivity index (χ1n) is 7.55. The molecule has 4 aromatic rings. The molecule has 2 heterocycles. The van der Waals surface area contributed by atoms with Crippen molar-refractivity contribution < 1.29 is 9.90 Å². The second-order valence-corrected chi connectivity index (χ2v) is 5.95. The molecule has 0 saturated heterocycles. The van der Waals surface area contributed by atoms with Crippen molar-refractivity contribution in [1.29, 1.82) is 0 Å². The van der Waals surface area contributed by atoms with Gasteiger partial charge in [0.05, 0.1) is 28.8 Å². The summed E-state index contributed by atoms with van der Waals surface area (Å²) >= 11 is 6.12. The molecule has 2 aromatic heterocycles. The van der Waals surface area contributed by atoms with Crippen LogP contribution in [-0.2, 0) is 0 Å². The number of benzene rings is 2. The SMILES string of the molecule is O=C(O)c1ccccc1-c1cc(-n2ccnc2)c2ccc(Cl)cc2n1. The average Bonchev–Trinajstić information content (AvgIpc) is 3.15. The van der Waals surface area contributed by atoms with Gasteiger partial charge in [-0.3, -0.25) is 0 Å². The molecular weight excluding hydrogens is 338 g/mol. The van der Waals surface area contributed by atoms with E-state index in [0.717, 1.165) is 11.1 Å². The molecule has 0 aliphatic heterocycles. The minimum absolute atomic E-state index is 0.202. The van der Waals surface area contributed by atoms with E-state index >= 15 is 0 Å². The fraction of sp³-hybridized carbons (Fsp3) is 0. The van der Waals surface area contributed by atoms with Crippen LogP contribution in [0.2, 0.25) is 5.02 Å². The van der Waals surface area contributed by atoms with Crippen molar-refractivity contribution in [3.8, 4) is 16.9 Å². The summed E-state index contributed by atoms with van der Waals surface area (Å²) in [4.78, 5) is 20.3. The molecule has 0 amide bonds. The molecule has 0 aliphatic rings. The van der Waals surface area contributed by atoms with Gasteiger partial charge in [-0.1, -0.05) is 29.8 Å². The second kappa shape index (κ2) is 6.03. The quantitative estimate of drug-likeness (QED) is 0.593. The first-order valence-corrected chi connectivity index (χ1v) is 7.92. The Morgan fingerprint density at radius 1 is 1.12 bits per heavy atom. The van der Waals surface area contributed by atoms with Crippen LogP contribution in [0.5, 0.6) is 0 Å². The number of rotatable bonds is 3. The topological polar surface area (TPSA) is 68.0 Å². The van der Waals surface area contributed by atoms with E-state index in [9.17, 15) is 9.90 Å². The second-order valence-electron chi connectivity index (χ2n) is 5.51. The molecule has 4 rings (SSSR count). The lowest BCUT2D eigenvalue weighted by Gasteiger charge is -2.12. The number of carbonyl (C=O) groups is 1. The third-order valence-corrected chi connectivity index (χ3v) is 4.20. The standard InChI is InChI=1S/C19H12ClN3O2/c20-12-5-6-15-16(9-12)22-17(10-18(15)23-8-7-21-11-23)13-3-1-2-4-14(13)19(24)25/h1-11H,(H,24,25). The number of aromatic carboxylic acids is 1. The molecule has 0 atom stereocenters. The summed E-state index contributed by atoms with van der Waals surface area (Å²) in [6.45, 7) is 0. The minimum Gasteiger partial charge on any atom is -0.478 e. The zero-order chi connectivity index (χ0) is 17.4. The molecule has 1 N–H and O–H groups in total. The number of hydrogen-bond acceptors (Lipinski definition) is 3. The van der Waals surface area contributed by atoms with Crippen LogP contribution in [0.15, 0.2) is 67.3 Å². The molecule has 0 radical (unpaired) electrons. The summed E-state index contributed by atoms with van der Waals surface area (Å²) in [6, 6.07) is 14.1. The highest BCUT2D eigenvalue weighted by Crippen LogP contribution is 2.30. The Morgan fingerprint density at radius 2 is 1.96 bits per heavy atom. The highest BCUT2D eigenvalue weighted by Gasteiger charge is 2.15. The van der Waals surface area contributed by atoms with Crippen LogP contribution >= 0.6 is 11.6 Å². The smallest absolute Gasteiger partial charge is 0.336 e. The molecule has 6 heteroatoms. The Bertz CT molecular complexity index is 1090. The maximum Gasteiger partial charge on any atom is 0.336 e. The van der Waals surface area contributed by atoms with E-state index < -0.39 is 5.97 Å². The Kier molecular flexibility index (Phi) is 3.71. The molecule has 122 valence electrons. The number of hydrogen-bond donors (Lipinski definition) is 1. The van der Waals surface area contributed by atoms with Gasteiger partial charge in [0.1, 0.15) is 0 Å². The lowest BCUT2D eigenvalue weighted by atomic mass is 10.0. The molecule has 0 fully saturated rings. The molecule has 0 unspecified atom stereocenters. The predicted octanol–water partition coefficient (Wildman–Crippen LogP) is 4.44. The van der Waals surface area contributed by atoms with Crippen molar-refractivity contribution >= 4 is 28.5 Å². The van der Waals surface area contributed by atoms with Crippen LogP contribution < -0.4 is 0 Å². The highest BCUT2D eigenvalue weighted by atomic mass is 35.5. The molecule has 5 nitrogen and oxygen atoms in total. The number of imidazole rings is 1. The molecular formula is C19H12ClN3O2. The van der Waals surface area contributed by atoms with Crippen molar-refractivity contribution in [1.82, 2.24) is 14.5 Å². The molecule has 25 heavy (non-hydrogen) atoms. The fourth-order valence-corrected chi connectivity index (χ4v) is 3.00. The lowest BCUT2D eigenvalue weighted by Crippen LogP contribution is -2.01. The van der Waals surface area contributed by atoms with E-state index in [1.807, 2.05) is 22.9 Å². The van der Waals surface area contributed by atoms with Gasteiger partial charge >= 0.3 is 5.97 Å². The van der Waals surface area contributed by atoms with Crippen LogP contribution in [0.1, 0.15) is 10.4 Å². The number of nitrogens with zero attached hydrogens (tertiary/aromatic N) is 3. The van der Waals surface area contributed by atoms with Crippen molar-refractivity contribution in [2.24, 2.45) is 0 Å². The van der Waals surface area contributed by atoms with E-state index in [4.69, 9.17) is 11.6 Å².